The smallest absolute Gasteiger partial charge is 0.0596 e. The lowest BCUT2D eigenvalue weighted by atomic mass is 9.98. The number of aryl methyl sites for hydroxylation is 4. The van der Waals surface area contributed by atoms with E-state index in [-0.39, 0.29) is 6.04 Å². The quantitative estimate of drug-likeness (QED) is 0.936. The molecule has 102 valence electrons. The van der Waals surface area contributed by atoms with Gasteiger partial charge in [0.05, 0.1) is 5.69 Å². The monoisotopic (exact) mass is 275 g/mol. The maximum atomic E-state index is 6.39. The molecule has 1 aliphatic carbocycles. The first kappa shape index (κ1) is 12.9. The van der Waals surface area contributed by atoms with Crippen LogP contribution >= 0.6 is 11.3 Å². The van der Waals surface area contributed by atoms with Crippen molar-refractivity contribution in [3.63, 3.8) is 0 Å². The van der Waals surface area contributed by atoms with Crippen LogP contribution in [0.2, 0.25) is 0 Å². The van der Waals surface area contributed by atoms with Gasteiger partial charge in [0.1, 0.15) is 0 Å². The summed E-state index contributed by atoms with van der Waals surface area (Å²) in [6.07, 6.45) is 6.03. The highest BCUT2D eigenvalue weighted by molar-refractivity contribution is 7.12. The number of nitrogens with zero attached hydrogens (tertiary/aromatic N) is 2. The van der Waals surface area contributed by atoms with E-state index in [0.717, 1.165) is 12.1 Å². The second-order valence-electron chi connectivity index (χ2n) is 5.52. The van der Waals surface area contributed by atoms with Gasteiger partial charge >= 0.3 is 0 Å². The van der Waals surface area contributed by atoms with Crippen LogP contribution in [0, 0.1) is 6.92 Å². The number of nitrogens with two attached hydrogens (primary N) is 1. The van der Waals surface area contributed by atoms with Crippen LogP contribution in [0.4, 0.5) is 0 Å². The molecule has 3 nitrogen and oxygen atoms in total. The minimum atomic E-state index is 0.102. The Hall–Kier alpha value is -1.13. The van der Waals surface area contributed by atoms with Crippen molar-refractivity contribution in [3.05, 3.63) is 38.8 Å². The molecule has 2 N–H and O–H groups in total. The predicted molar refractivity (Wildman–Crippen MR) is 79.5 cm³/mol. The molecular formula is C15H21N3S. The van der Waals surface area contributed by atoms with E-state index in [1.54, 1.807) is 10.4 Å². The van der Waals surface area contributed by atoms with E-state index in [2.05, 4.69) is 17.2 Å². The van der Waals surface area contributed by atoms with Crippen LogP contribution in [0.3, 0.4) is 0 Å². The number of hydrogen-bond acceptors (Lipinski definition) is 3. The molecular weight excluding hydrogens is 254 g/mol. The first-order chi connectivity index (χ1) is 9.13. The third-order valence-corrected chi connectivity index (χ3v) is 5.28. The van der Waals surface area contributed by atoms with Gasteiger partial charge in [-0.3, -0.25) is 4.68 Å². The number of aromatic nitrogens is 2. The molecule has 0 aromatic carbocycles. The molecule has 1 aliphatic rings. The van der Waals surface area contributed by atoms with E-state index in [0.29, 0.717) is 0 Å². The molecule has 0 amide bonds. The fourth-order valence-electron chi connectivity index (χ4n) is 2.88. The van der Waals surface area contributed by atoms with Crippen molar-refractivity contribution in [2.24, 2.45) is 12.8 Å². The first-order valence-electron chi connectivity index (χ1n) is 7.00. The van der Waals surface area contributed by atoms with Crippen LogP contribution in [-0.2, 0) is 26.3 Å². The molecule has 4 heteroatoms. The Morgan fingerprint density at radius 1 is 1.37 bits per heavy atom. The highest BCUT2D eigenvalue weighted by Crippen LogP contribution is 2.33. The summed E-state index contributed by atoms with van der Waals surface area (Å²) in [5.74, 6) is 0. The maximum absolute atomic E-state index is 6.39. The van der Waals surface area contributed by atoms with E-state index in [9.17, 15) is 0 Å². The van der Waals surface area contributed by atoms with Gasteiger partial charge in [0.2, 0.25) is 0 Å². The zero-order chi connectivity index (χ0) is 13.4. The van der Waals surface area contributed by atoms with Crippen LogP contribution in [0.15, 0.2) is 12.1 Å². The Labute approximate surface area is 118 Å². The van der Waals surface area contributed by atoms with E-state index < -0.39 is 0 Å². The first-order valence-corrected chi connectivity index (χ1v) is 7.81. The summed E-state index contributed by atoms with van der Waals surface area (Å²) < 4.78 is 1.95. The molecule has 0 spiro atoms. The summed E-state index contributed by atoms with van der Waals surface area (Å²) in [6.45, 7) is 2.03. The summed E-state index contributed by atoms with van der Waals surface area (Å²) in [5, 5.41) is 4.39. The molecule has 19 heavy (non-hydrogen) atoms. The van der Waals surface area contributed by atoms with Gasteiger partial charge in [-0.2, -0.15) is 5.10 Å². The number of thiophene rings is 1. The molecule has 2 aromatic rings. The Morgan fingerprint density at radius 2 is 2.16 bits per heavy atom. The highest BCUT2D eigenvalue weighted by atomic mass is 32.1. The van der Waals surface area contributed by atoms with Gasteiger partial charge in [0.25, 0.3) is 0 Å². The topological polar surface area (TPSA) is 43.8 Å². The van der Waals surface area contributed by atoms with Crippen molar-refractivity contribution in [1.29, 1.82) is 0 Å². The predicted octanol–water partition coefficient (Wildman–Crippen LogP) is 2.91. The summed E-state index contributed by atoms with van der Waals surface area (Å²) in [4.78, 5) is 2.91. The maximum Gasteiger partial charge on any atom is 0.0596 e. The van der Waals surface area contributed by atoms with E-state index in [1.165, 1.54) is 36.3 Å². The van der Waals surface area contributed by atoms with Crippen molar-refractivity contribution in [1.82, 2.24) is 9.78 Å². The van der Waals surface area contributed by atoms with Gasteiger partial charge in [0, 0.05) is 35.0 Å². The van der Waals surface area contributed by atoms with Crippen LogP contribution in [0.25, 0.3) is 0 Å². The fourth-order valence-corrected chi connectivity index (χ4v) is 4.14. The third-order valence-electron chi connectivity index (χ3n) is 3.91. The fraction of sp³-hybridized carbons (Fsp3) is 0.533. The minimum absolute atomic E-state index is 0.102. The normalized spacial score (nSPS) is 16.4. The lowest BCUT2D eigenvalue weighted by Crippen LogP contribution is -2.14. The molecule has 0 radical (unpaired) electrons. The number of hydrogen-bond donors (Lipinski definition) is 1. The number of rotatable bonds is 3. The molecule has 1 unspecified atom stereocenters. The molecule has 2 aromatic heterocycles. The van der Waals surface area contributed by atoms with Crippen molar-refractivity contribution < 1.29 is 0 Å². The highest BCUT2D eigenvalue weighted by Gasteiger charge is 2.18. The lowest BCUT2D eigenvalue weighted by Gasteiger charge is -2.09. The molecule has 2 heterocycles. The summed E-state index contributed by atoms with van der Waals surface area (Å²) in [6, 6.07) is 4.57. The average molecular weight is 275 g/mol. The van der Waals surface area contributed by atoms with Gasteiger partial charge in [-0.05, 0) is 50.3 Å². The van der Waals surface area contributed by atoms with Crippen molar-refractivity contribution in [2.45, 2.75) is 45.1 Å². The minimum Gasteiger partial charge on any atom is -0.323 e. The van der Waals surface area contributed by atoms with Crippen molar-refractivity contribution >= 4 is 11.3 Å². The summed E-state index contributed by atoms with van der Waals surface area (Å²) in [7, 11) is 1.99. The molecule has 0 fully saturated rings. The van der Waals surface area contributed by atoms with Crippen LogP contribution < -0.4 is 5.73 Å². The standard InChI is InChI=1S/C15H21N3S/c1-10-7-12(18(2)17-10)9-13(16)15-8-11-5-3-4-6-14(11)19-15/h7-8,13H,3-6,9,16H2,1-2H3. The SMILES string of the molecule is Cc1cc(CC(N)c2cc3c(s2)CCCC3)n(C)n1. The summed E-state index contributed by atoms with van der Waals surface area (Å²) >= 11 is 1.92. The van der Waals surface area contributed by atoms with Gasteiger partial charge < -0.3 is 5.73 Å². The average Bonchev–Trinajstić information content (AvgIpc) is 2.93. The molecule has 0 aliphatic heterocycles. The third kappa shape index (κ3) is 2.60. The largest absolute Gasteiger partial charge is 0.323 e. The van der Waals surface area contributed by atoms with Crippen molar-refractivity contribution in [3.8, 4) is 0 Å². The van der Waals surface area contributed by atoms with Crippen LogP contribution in [0.1, 0.15) is 45.6 Å². The second kappa shape index (κ2) is 5.10. The van der Waals surface area contributed by atoms with E-state index in [4.69, 9.17) is 5.73 Å². The molecule has 3 rings (SSSR count). The molecule has 0 bridgehead atoms. The zero-order valence-electron chi connectivity index (χ0n) is 11.6. The van der Waals surface area contributed by atoms with E-state index in [1.807, 2.05) is 30.0 Å². The molecule has 0 saturated carbocycles. The number of fused-ring (bicyclic) bond motifs is 1. The van der Waals surface area contributed by atoms with Crippen LogP contribution in [0.5, 0.6) is 0 Å². The van der Waals surface area contributed by atoms with Gasteiger partial charge in [-0.25, -0.2) is 0 Å². The Morgan fingerprint density at radius 3 is 2.84 bits per heavy atom. The lowest BCUT2D eigenvalue weighted by molar-refractivity contribution is 0.645. The molecule has 0 saturated heterocycles. The summed E-state index contributed by atoms with van der Waals surface area (Å²) in [5.41, 5.74) is 10.2. The van der Waals surface area contributed by atoms with E-state index >= 15 is 0 Å². The van der Waals surface area contributed by atoms with Gasteiger partial charge in [-0.1, -0.05) is 0 Å². The van der Waals surface area contributed by atoms with Crippen molar-refractivity contribution in [2.75, 3.05) is 0 Å². The Balaban J connectivity index is 1.78. The van der Waals surface area contributed by atoms with Gasteiger partial charge in [0.15, 0.2) is 0 Å². The van der Waals surface area contributed by atoms with Gasteiger partial charge in [-0.15, -0.1) is 11.3 Å². The molecule has 1 atom stereocenters. The second-order valence-corrected chi connectivity index (χ2v) is 6.68. The van der Waals surface area contributed by atoms with Crippen LogP contribution in [-0.4, -0.2) is 9.78 Å². The Bertz CT molecular complexity index is 559. The zero-order valence-corrected chi connectivity index (χ0v) is 12.5. The Kier molecular flexibility index (Phi) is 3.46.